The molecule has 0 radical (unpaired) electrons. The lowest BCUT2D eigenvalue weighted by Crippen LogP contribution is -2.51. The highest BCUT2D eigenvalue weighted by Crippen LogP contribution is 2.51. The van der Waals surface area contributed by atoms with E-state index in [4.69, 9.17) is 4.74 Å². The number of amides is 2. The Morgan fingerprint density at radius 1 is 1.14 bits per heavy atom. The number of alkyl carbamates (subject to hydrolysis) is 1. The van der Waals surface area contributed by atoms with Gasteiger partial charge >= 0.3 is 6.09 Å². The van der Waals surface area contributed by atoms with Crippen LogP contribution in [0.1, 0.15) is 76.3 Å². The number of carbonyl (C=O) groups excluding carboxylic acids is 2. The van der Waals surface area contributed by atoms with Gasteiger partial charge < -0.3 is 24.8 Å². The van der Waals surface area contributed by atoms with E-state index in [0.717, 1.165) is 43.6 Å². The second-order valence-electron chi connectivity index (χ2n) is 11.2. The Morgan fingerprint density at radius 2 is 1.91 bits per heavy atom. The fourth-order valence-electron chi connectivity index (χ4n) is 6.18. The molecular weight excluding hydrogens is 442 g/mol. The SMILES string of the molecule is Cn1ccnc1[C@H]1Nc2ccccc2[C@@H]2[C@H]1CCN2C(=O)[C@H]1CCCC[C@H]1NC(=O)OC(C)(C)C. The van der Waals surface area contributed by atoms with Crippen molar-refractivity contribution in [1.82, 2.24) is 19.8 Å². The molecule has 1 saturated heterocycles. The number of benzene rings is 1. The van der Waals surface area contributed by atoms with Gasteiger partial charge in [-0.2, -0.15) is 0 Å². The third kappa shape index (κ3) is 4.62. The lowest BCUT2D eigenvalue weighted by Gasteiger charge is -2.41. The van der Waals surface area contributed by atoms with Crippen LogP contribution in [0, 0.1) is 11.8 Å². The number of fused-ring (bicyclic) bond motifs is 3. The van der Waals surface area contributed by atoms with Crippen LogP contribution in [0.15, 0.2) is 36.7 Å². The summed E-state index contributed by atoms with van der Waals surface area (Å²) in [5.41, 5.74) is 1.66. The van der Waals surface area contributed by atoms with Crippen molar-refractivity contribution in [3.05, 3.63) is 48.0 Å². The molecule has 2 fully saturated rings. The zero-order valence-corrected chi connectivity index (χ0v) is 21.2. The second-order valence-corrected chi connectivity index (χ2v) is 11.2. The van der Waals surface area contributed by atoms with E-state index in [0.29, 0.717) is 6.54 Å². The molecule has 3 heterocycles. The van der Waals surface area contributed by atoms with Crippen molar-refractivity contribution in [3.63, 3.8) is 0 Å². The zero-order valence-electron chi connectivity index (χ0n) is 21.2. The number of imidazole rings is 1. The molecule has 2 aliphatic heterocycles. The number of aryl methyl sites for hydroxylation is 1. The molecule has 5 atom stereocenters. The molecule has 2 N–H and O–H groups in total. The molecule has 188 valence electrons. The third-order valence-electron chi connectivity index (χ3n) is 7.67. The molecule has 0 bridgehead atoms. The van der Waals surface area contributed by atoms with Gasteiger partial charge in [-0.25, -0.2) is 9.78 Å². The van der Waals surface area contributed by atoms with Crippen molar-refractivity contribution in [2.45, 2.75) is 76.6 Å². The Morgan fingerprint density at radius 3 is 2.66 bits per heavy atom. The van der Waals surface area contributed by atoms with Crippen LogP contribution in [0.25, 0.3) is 0 Å². The summed E-state index contributed by atoms with van der Waals surface area (Å²) in [6.45, 7) is 6.27. The van der Waals surface area contributed by atoms with Crippen molar-refractivity contribution >= 4 is 17.7 Å². The molecule has 3 aliphatic rings. The van der Waals surface area contributed by atoms with Gasteiger partial charge in [0.2, 0.25) is 5.91 Å². The molecule has 2 aromatic rings. The Hall–Kier alpha value is -3.03. The molecule has 5 rings (SSSR count). The molecule has 0 spiro atoms. The maximum Gasteiger partial charge on any atom is 0.407 e. The quantitative estimate of drug-likeness (QED) is 0.674. The summed E-state index contributed by atoms with van der Waals surface area (Å²) in [6.07, 6.45) is 7.86. The van der Waals surface area contributed by atoms with Gasteiger partial charge in [0.25, 0.3) is 0 Å². The number of aromatic nitrogens is 2. The van der Waals surface area contributed by atoms with Gasteiger partial charge in [0, 0.05) is 43.6 Å². The van der Waals surface area contributed by atoms with E-state index in [1.54, 1.807) is 0 Å². The number of likely N-dealkylation sites (tertiary alicyclic amines) is 1. The van der Waals surface area contributed by atoms with Gasteiger partial charge in [-0.15, -0.1) is 0 Å². The van der Waals surface area contributed by atoms with Crippen molar-refractivity contribution in [2.75, 3.05) is 11.9 Å². The van der Waals surface area contributed by atoms with Gasteiger partial charge in [0.05, 0.1) is 18.0 Å². The molecule has 0 unspecified atom stereocenters. The van der Waals surface area contributed by atoms with E-state index in [-0.39, 0.29) is 35.9 Å². The molecule has 1 aromatic heterocycles. The summed E-state index contributed by atoms with van der Waals surface area (Å²) >= 11 is 0. The number of rotatable bonds is 3. The number of nitrogens with one attached hydrogen (secondary N) is 2. The summed E-state index contributed by atoms with van der Waals surface area (Å²) in [6, 6.07) is 8.14. The van der Waals surface area contributed by atoms with Crippen molar-refractivity contribution in [1.29, 1.82) is 0 Å². The zero-order chi connectivity index (χ0) is 24.7. The van der Waals surface area contributed by atoms with Gasteiger partial charge in [-0.1, -0.05) is 31.0 Å². The average Bonchev–Trinajstić information content (AvgIpc) is 3.44. The first kappa shape index (κ1) is 23.7. The minimum atomic E-state index is -0.570. The molecule has 1 aromatic carbocycles. The maximum atomic E-state index is 14.1. The van der Waals surface area contributed by atoms with E-state index in [2.05, 4.69) is 37.2 Å². The lowest BCUT2D eigenvalue weighted by molar-refractivity contribution is -0.139. The van der Waals surface area contributed by atoms with Crippen LogP contribution in [0.5, 0.6) is 0 Å². The Balaban J connectivity index is 1.41. The van der Waals surface area contributed by atoms with Crippen molar-refractivity contribution in [3.8, 4) is 0 Å². The maximum absolute atomic E-state index is 14.1. The highest BCUT2D eigenvalue weighted by Gasteiger charge is 2.49. The van der Waals surface area contributed by atoms with Gasteiger partial charge in [0.1, 0.15) is 11.4 Å². The fourth-order valence-corrected chi connectivity index (χ4v) is 6.18. The van der Waals surface area contributed by atoms with Crippen molar-refractivity contribution < 1.29 is 14.3 Å². The first-order valence-electron chi connectivity index (χ1n) is 12.9. The summed E-state index contributed by atoms with van der Waals surface area (Å²) in [7, 11) is 2.02. The summed E-state index contributed by atoms with van der Waals surface area (Å²) in [4.78, 5) is 33.4. The summed E-state index contributed by atoms with van der Waals surface area (Å²) in [5.74, 6) is 1.14. The monoisotopic (exact) mass is 479 g/mol. The predicted octanol–water partition coefficient (Wildman–Crippen LogP) is 4.56. The number of carbonyl (C=O) groups is 2. The van der Waals surface area contributed by atoms with Crippen LogP contribution < -0.4 is 10.6 Å². The highest BCUT2D eigenvalue weighted by molar-refractivity contribution is 5.82. The molecule has 1 saturated carbocycles. The van der Waals surface area contributed by atoms with Gasteiger partial charge in [-0.3, -0.25) is 4.79 Å². The summed E-state index contributed by atoms with van der Waals surface area (Å²) in [5, 5.41) is 6.74. The standard InChI is InChI=1S/C27H37N5O3/c1-27(2,3)35-26(34)30-21-12-8-6-10-18(21)25(33)32-15-13-19-22(24-28-14-16-31(24)4)29-20-11-7-5-9-17(20)23(19)32/h5,7,9,11,14,16,18-19,21-23,29H,6,8,10,12-13,15H2,1-4H3,(H,30,34)/t18-,19-,21+,22-,23+/m0/s1. The third-order valence-corrected chi connectivity index (χ3v) is 7.67. The largest absolute Gasteiger partial charge is 0.444 e. The predicted molar refractivity (Wildman–Crippen MR) is 134 cm³/mol. The molecule has 8 nitrogen and oxygen atoms in total. The number of hydrogen-bond donors (Lipinski definition) is 2. The molecule has 8 heteroatoms. The molecular formula is C27H37N5O3. The van der Waals surface area contributed by atoms with E-state index in [9.17, 15) is 9.59 Å². The van der Waals surface area contributed by atoms with Crippen molar-refractivity contribution in [2.24, 2.45) is 18.9 Å². The Bertz CT molecular complexity index is 1090. The van der Waals surface area contributed by atoms with Crippen LogP contribution in [-0.2, 0) is 16.6 Å². The number of para-hydroxylation sites is 1. The fraction of sp³-hybridized carbons (Fsp3) is 0.593. The average molecular weight is 480 g/mol. The van der Waals surface area contributed by atoms with Crippen LogP contribution >= 0.6 is 0 Å². The number of anilines is 1. The van der Waals surface area contributed by atoms with Crippen LogP contribution in [0.4, 0.5) is 10.5 Å². The van der Waals surface area contributed by atoms with E-state index in [1.165, 1.54) is 5.56 Å². The van der Waals surface area contributed by atoms with E-state index in [1.807, 2.05) is 52.3 Å². The number of nitrogens with zero attached hydrogens (tertiary/aromatic N) is 3. The Kier molecular flexibility index (Phi) is 6.23. The topological polar surface area (TPSA) is 88.5 Å². The molecule has 35 heavy (non-hydrogen) atoms. The van der Waals surface area contributed by atoms with Crippen LogP contribution in [0.2, 0.25) is 0 Å². The highest BCUT2D eigenvalue weighted by atomic mass is 16.6. The minimum absolute atomic E-state index is 0.00856. The second kappa shape index (κ2) is 9.21. The number of ether oxygens (including phenoxy) is 1. The smallest absolute Gasteiger partial charge is 0.407 e. The summed E-state index contributed by atoms with van der Waals surface area (Å²) < 4.78 is 7.57. The number of hydrogen-bond acceptors (Lipinski definition) is 5. The first-order valence-corrected chi connectivity index (χ1v) is 12.9. The van der Waals surface area contributed by atoms with Gasteiger partial charge in [0.15, 0.2) is 0 Å². The van der Waals surface area contributed by atoms with E-state index >= 15 is 0 Å². The Labute approximate surface area is 207 Å². The lowest BCUT2D eigenvalue weighted by atomic mass is 9.80. The van der Waals surface area contributed by atoms with Gasteiger partial charge in [-0.05, 0) is 51.7 Å². The van der Waals surface area contributed by atoms with Crippen LogP contribution in [-0.4, -0.2) is 44.6 Å². The van der Waals surface area contributed by atoms with Crippen LogP contribution in [0.3, 0.4) is 0 Å². The first-order chi connectivity index (χ1) is 16.7. The van der Waals surface area contributed by atoms with E-state index < -0.39 is 11.7 Å². The molecule has 2 amide bonds. The normalized spacial score (nSPS) is 28.0. The molecule has 1 aliphatic carbocycles. The minimum Gasteiger partial charge on any atom is -0.444 e.